The zero-order valence-corrected chi connectivity index (χ0v) is 20.7. The molecule has 24 heteroatoms. The van der Waals surface area contributed by atoms with Crippen LogP contribution in [-0.4, -0.2) is 64.6 Å². The van der Waals surface area contributed by atoms with E-state index in [-0.39, 0.29) is 23.5 Å². The molecule has 2 aromatic heterocycles. The van der Waals surface area contributed by atoms with Crippen molar-refractivity contribution in [1.29, 1.82) is 5.53 Å². The van der Waals surface area contributed by atoms with E-state index in [0.717, 1.165) is 0 Å². The number of phosphoric acid groups is 3. The van der Waals surface area contributed by atoms with Gasteiger partial charge in [0.2, 0.25) is 17.6 Å². The predicted molar refractivity (Wildman–Crippen MR) is 113 cm³/mol. The minimum atomic E-state index is -5.72. The average Bonchev–Trinajstić information content (AvgIpc) is 3.26. The number of fused-ring (bicyclic) bond motifs is 1. The van der Waals surface area contributed by atoms with E-state index in [1.165, 1.54) is 17.8 Å². The summed E-state index contributed by atoms with van der Waals surface area (Å²) in [6, 6.07) is 0. The van der Waals surface area contributed by atoms with Crippen LogP contribution in [0.2, 0.25) is 0 Å². The second kappa shape index (κ2) is 10.3. The summed E-state index contributed by atoms with van der Waals surface area (Å²) in [6.07, 6.45) is -0.968. The van der Waals surface area contributed by atoms with Crippen molar-refractivity contribution in [2.24, 2.45) is 5.11 Å². The van der Waals surface area contributed by atoms with Crippen LogP contribution in [0.15, 0.2) is 16.2 Å². The van der Waals surface area contributed by atoms with Gasteiger partial charge in [-0.3, -0.25) is 18.9 Å². The SMILES string of the molecule is CC1(n2cnc3c(=O)[nH]c(N)nc32)CC(OCN=[N+]=N)[C@@H](COP(=O)(O)OP(=O)(O)OP(=O)(O)O)O1. The molecule has 0 spiro atoms. The van der Waals surface area contributed by atoms with Crippen LogP contribution < -0.4 is 16.2 Å². The Labute approximate surface area is 199 Å². The first-order chi connectivity index (χ1) is 16.5. The number of phosphoric ester groups is 1. The smallest absolute Gasteiger partial charge is 0.369 e. The first-order valence-corrected chi connectivity index (χ1v) is 13.9. The largest absolute Gasteiger partial charge is 0.490 e. The molecule has 0 amide bonds. The molecular formula is C12H20N8O13P3+. The van der Waals surface area contributed by atoms with Gasteiger partial charge in [0.1, 0.15) is 22.5 Å². The Morgan fingerprint density at radius 2 is 2.03 bits per heavy atom. The van der Waals surface area contributed by atoms with Crippen LogP contribution in [0.3, 0.4) is 0 Å². The fraction of sp³-hybridized carbons (Fsp3) is 0.583. The van der Waals surface area contributed by atoms with Crippen LogP contribution in [-0.2, 0) is 42.0 Å². The number of hydrogen-bond donors (Lipinski definition) is 7. The molecule has 5 atom stereocenters. The van der Waals surface area contributed by atoms with Crippen LogP contribution in [0.4, 0.5) is 5.95 Å². The molecule has 8 N–H and O–H groups in total. The van der Waals surface area contributed by atoms with Gasteiger partial charge in [0.05, 0.1) is 19.0 Å². The highest BCUT2D eigenvalue weighted by Gasteiger charge is 2.48. The summed E-state index contributed by atoms with van der Waals surface area (Å²) in [5.41, 5.74) is 10.3. The van der Waals surface area contributed by atoms with Gasteiger partial charge in [-0.2, -0.15) is 13.6 Å². The van der Waals surface area contributed by atoms with Crippen molar-refractivity contribution in [2.75, 3.05) is 19.1 Å². The number of imidazole rings is 1. The Bertz CT molecular complexity index is 1380. The van der Waals surface area contributed by atoms with Crippen molar-refractivity contribution in [3.05, 3.63) is 16.7 Å². The molecule has 1 aliphatic rings. The molecule has 200 valence electrons. The summed E-state index contributed by atoms with van der Waals surface area (Å²) in [6.45, 7) is 0.278. The summed E-state index contributed by atoms with van der Waals surface area (Å²) in [7, 11) is -16.7. The van der Waals surface area contributed by atoms with E-state index in [1.807, 2.05) is 0 Å². The van der Waals surface area contributed by atoms with Crippen molar-refractivity contribution in [3.8, 4) is 0 Å². The van der Waals surface area contributed by atoms with Crippen LogP contribution in [0.25, 0.3) is 11.2 Å². The van der Waals surface area contributed by atoms with Crippen molar-refractivity contribution < 1.29 is 55.9 Å². The average molecular weight is 577 g/mol. The molecule has 2 aromatic rings. The van der Waals surface area contributed by atoms with Crippen LogP contribution in [0.1, 0.15) is 13.3 Å². The summed E-state index contributed by atoms with van der Waals surface area (Å²) < 4.78 is 59.1. The molecule has 36 heavy (non-hydrogen) atoms. The third-order valence-corrected chi connectivity index (χ3v) is 8.37. The fourth-order valence-corrected chi connectivity index (χ4v) is 6.35. The number of anilines is 1. The van der Waals surface area contributed by atoms with Gasteiger partial charge < -0.3 is 34.8 Å². The highest BCUT2D eigenvalue weighted by molar-refractivity contribution is 7.66. The maximum atomic E-state index is 12.1. The maximum absolute atomic E-state index is 12.1. The van der Waals surface area contributed by atoms with E-state index in [1.54, 1.807) is 0 Å². The van der Waals surface area contributed by atoms with Gasteiger partial charge in [-0.15, -0.1) is 0 Å². The van der Waals surface area contributed by atoms with Gasteiger partial charge in [0, 0.05) is 6.42 Å². The number of H-pyrrole nitrogens is 1. The Morgan fingerprint density at radius 3 is 2.67 bits per heavy atom. The summed E-state index contributed by atoms with van der Waals surface area (Å²) in [4.78, 5) is 61.4. The number of rotatable bonds is 11. The Hall–Kier alpha value is -2.21. The summed E-state index contributed by atoms with van der Waals surface area (Å²) in [5.74, 6) is -0.205. The second-order valence-electron chi connectivity index (χ2n) is 7.24. The van der Waals surface area contributed by atoms with E-state index in [9.17, 15) is 28.3 Å². The number of nitrogens with two attached hydrogens (primary N) is 1. The van der Waals surface area contributed by atoms with Crippen molar-refractivity contribution in [3.63, 3.8) is 0 Å². The lowest BCUT2D eigenvalue weighted by Gasteiger charge is -2.26. The normalized spacial score (nSPS) is 25.8. The zero-order valence-electron chi connectivity index (χ0n) is 18.0. The van der Waals surface area contributed by atoms with Crippen molar-refractivity contribution in [1.82, 2.24) is 24.4 Å². The molecule has 0 aliphatic carbocycles. The molecule has 4 unspecified atom stereocenters. The van der Waals surface area contributed by atoms with Crippen molar-refractivity contribution in [2.45, 2.75) is 31.3 Å². The number of aromatic amines is 1. The van der Waals surface area contributed by atoms with Crippen LogP contribution >= 0.6 is 23.5 Å². The van der Waals surface area contributed by atoms with Gasteiger partial charge in [-0.25, -0.2) is 18.7 Å². The maximum Gasteiger partial charge on any atom is 0.490 e. The van der Waals surface area contributed by atoms with E-state index in [2.05, 4.69) is 38.1 Å². The molecule has 21 nitrogen and oxygen atoms in total. The molecule has 1 saturated heterocycles. The minimum Gasteiger partial charge on any atom is -0.369 e. The molecule has 1 fully saturated rings. The highest BCUT2D eigenvalue weighted by atomic mass is 31.3. The van der Waals surface area contributed by atoms with Gasteiger partial charge >= 0.3 is 23.5 Å². The highest BCUT2D eigenvalue weighted by Crippen LogP contribution is 2.66. The zero-order chi connectivity index (χ0) is 26.9. The molecule has 1 aliphatic heterocycles. The number of nitrogens with zero attached hydrogens (tertiary/aromatic N) is 5. The van der Waals surface area contributed by atoms with Gasteiger partial charge in [-0.05, 0) is 6.92 Å². The van der Waals surface area contributed by atoms with Crippen molar-refractivity contribution >= 4 is 40.6 Å². The molecule has 3 rings (SSSR count). The molecule has 0 saturated carbocycles. The monoisotopic (exact) mass is 577 g/mol. The predicted octanol–water partition coefficient (Wildman–Crippen LogP) is -0.600. The lowest BCUT2D eigenvalue weighted by Crippen LogP contribution is -2.31. The third kappa shape index (κ3) is 6.96. The molecule has 0 bridgehead atoms. The lowest BCUT2D eigenvalue weighted by atomic mass is 10.1. The summed E-state index contributed by atoms with van der Waals surface area (Å²) in [5, 5.41) is 3.34. The Morgan fingerprint density at radius 1 is 1.33 bits per heavy atom. The quantitative estimate of drug-likeness (QED) is 0.0995. The topological polar surface area (TPSA) is 318 Å². The van der Waals surface area contributed by atoms with Gasteiger partial charge in [0.25, 0.3) is 5.56 Å². The summed E-state index contributed by atoms with van der Waals surface area (Å²) >= 11 is 0. The Balaban J connectivity index is 1.83. The molecular weight excluding hydrogens is 557 g/mol. The van der Waals surface area contributed by atoms with Gasteiger partial charge in [-0.1, -0.05) is 0 Å². The lowest BCUT2D eigenvalue weighted by molar-refractivity contribution is -0.107. The molecule has 0 aromatic carbocycles. The first kappa shape index (κ1) is 28.4. The number of nitrogens with one attached hydrogen (secondary N) is 2. The van der Waals surface area contributed by atoms with Crippen LogP contribution in [0, 0.1) is 5.53 Å². The first-order valence-electron chi connectivity index (χ1n) is 9.38. The number of nitrogen functional groups attached to an aromatic ring is 1. The molecule has 3 heterocycles. The minimum absolute atomic E-state index is 0.0230. The Kier molecular flexibility index (Phi) is 8.10. The number of hydrogen-bond acceptors (Lipinski definition) is 14. The number of ether oxygens (including phenoxy) is 2. The third-order valence-electron chi connectivity index (χ3n) is 4.57. The van der Waals surface area contributed by atoms with E-state index < -0.39 is 60.3 Å². The molecule has 0 radical (unpaired) electrons. The van der Waals surface area contributed by atoms with E-state index >= 15 is 0 Å². The second-order valence-corrected chi connectivity index (χ2v) is 11.7. The number of aromatic nitrogens is 4. The van der Waals surface area contributed by atoms with Crippen LogP contribution in [0.5, 0.6) is 0 Å². The fourth-order valence-electron chi connectivity index (χ4n) is 3.32. The van der Waals surface area contributed by atoms with Gasteiger partial charge in [0.15, 0.2) is 11.2 Å². The van der Waals surface area contributed by atoms with E-state index in [0.29, 0.717) is 0 Å². The van der Waals surface area contributed by atoms with E-state index in [4.69, 9.17) is 30.5 Å². The standard InChI is InChI=1S/C12H19N8O13P3/c1-12(20-4-15-8-9(20)17-11(13)18-10(8)21)2-6(29-5-16-19-14)7(31-12)3-30-35(25,26)33-36(27,28)32-34(22,23)24/h4,6-7,14H,2-3,5H2,1H3,(H6-,13,17,18,21,22,23,24,25,26,27,28)/p+1/t6?,7-,12?/m1/s1.